The van der Waals surface area contributed by atoms with Gasteiger partial charge in [-0.1, -0.05) is 12.6 Å². The molecule has 7 heteroatoms. The van der Waals surface area contributed by atoms with Crippen molar-refractivity contribution in [2.24, 2.45) is 0 Å². The van der Waals surface area contributed by atoms with Gasteiger partial charge in [-0.3, -0.25) is 9.69 Å². The first kappa shape index (κ1) is 23.5. The van der Waals surface area contributed by atoms with Gasteiger partial charge < -0.3 is 19.7 Å². The van der Waals surface area contributed by atoms with Gasteiger partial charge in [-0.05, 0) is 73.4 Å². The van der Waals surface area contributed by atoms with Crippen molar-refractivity contribution in [3.05, 3.63) is 59.3 Å². The van der Waals surface area contributed by atoms with Crippen molar-refractivity contribution in [2.75, 3.05) is 44.7 Å². The standard InChI is InChI=1S/C29H36N4O3/c1-3-27(34)32-12-7-22(8-13-32)33-16-21(17-33)23-4-5-26-28(19(23)2)31-29-25(18-36-26)24(6-11-30-29)20-9-14-35-15-10-20/h3-6,11,20-22H,1,7-10,12-18H2,2H3,(H,30,31). The molecule has 6 rings (SSSR count). The zero-order valence-electron chi connectivity index (χ0n) is 21.2. The Morgan fingerprint density at radius 3 is 2.61 bits per heavy atom. The molecule has 0 radical (unpaired) electrons. The van der Waals surface area contributed by atoms with Gasteiger partial charge in [-0.25, -0.2) is 4.98 Å². The molecule has 0 saturated carbocycles. The Bertz CT molecular complexity index is 1150. The summed E-state index contributed by atoms with van der Waals surface area (Å²) in [7, 11) is 0. The van der Waals surface area contributed by atoms with Crippen LogP contribution in [0.25, 0.3) is 0 Å². The lowest BCUT2D eigenvalue weighted by molar-refractivity contribution is -0.127. The fourth-order valence-electron chi connectivity index (χ4n) is 6.43. The zero-order valence-corrected chi connectivity index (χ0v) is 21.2. The molecular formula is C29H36N4O3. The predicted octanol–water partition coefficient (Wildman–Crippen LogP) is 4.50. The van der Waals surface area contributed by atoms with Crippen LogP contribution in [-0.2, 0) is 16.1 Å². The van der Waals surface area contributed by atoms with Gasteiger partial charge in [-0.15, -0.1) is 0 Å². The number of piperidine rings is 1. The van der Waals surface area contributed by atoms with Gasteiger partial charge in [0.25, 0.3) is 0 Å². The lowest BCUT2D eigenvalue weighted by Crippen LogP contribution is -2.54. The van der Waals surface area contributed by atoms with Crippen LogP contribution in [0.4, 0.5) is 11.5 Å². The summed E-state index contributed by atoms with van der Waals surface area (Å²) in [6.07, 6.45) is 7.55. The normalized spacial score (nSPS) is 21.4. The number of benzene rings is 1. The van der Waals surface area contributed by atoms with Gasteiger partial charge in [0, 0.05) is 63.1 Å². The quantitative estimate of drug-likeness (QED) is 0.640. The third-order valence-corrected chi connectivity index (χ3v) is 8.65. The number of rotatable bonds is 4. The van der Waals surface area contributed by atoms with Crippen LogP contribution < -0.4 is 10.1 Å². The van der Waals surface area contributed by atoms with Crippen LogP contribution in [0.3, 0.4) is 0 Å². The van der Waals surface area contributed by atoms with Gasteiger partial charge in [0.2, 0.25) is 5.91 Å². The van der Waals surface area contributed by atoms with E-state index < -0.39 is 0 Å². The molecule has 2 aromatic rings. The smallest absolute Gasteiger partial charge is 0.245 e. The summed E-state index contributed by atoms with van der Waals surface area (Å²) >= 11 is 0. The topological polar surface area (TPSA) is 66.9 Å². The first-order valence-electron chi connectivity index (χ1n) is 13.4. The van der Waals surface area contributed by atoms with Crippen LogP contribution in [0.15, 0.2) is 37.1 Å². The summed E-state index contributed by atoms with van der Waals surface area (Å²) in [4.78, 5) is 21.1. The van der Waals surface area contributed by atoms with Crippen molar-refractivity contribution in [2.45, 2.75) is 57.1 Å². The average Bonchev–Trinajstić information content (AvgIpc) is 3.09. The number of carbonyl (C=O) groups is 1. The van der Waals surface area contributed by atoms with Crippen molar-refractivity contribution >= 4 is 17.4 Å². The highest BCUT2D eigenvalue weighted by atomic mass is 16.5. The number of anilines is 2. The Morgan fingerprint density at radius 1 is 1.08 bits per heavy atom. The number of nitrogens with zero attached hydrogens (tertiary/aromatic N) is 3. The maximum Gasteiger partial charge on any atom is 0.245 e. The number of hydrogen-bond donors (Lipinski definition) is 1. The van der Waals surface area contributed by atoms with E-state index in [2.05, 4.69) is 41.9 Å². The summed E-state index contributed by atoms with van der Waals surface area (Å²) in [5.74, 6) is 2.91. The predicted molar refractivity (Wildman–Crippen MR) is 140 cm³/mol. The molecule has 0 atom stereocenters. The van der Waals surface area contributed by atoms with E-state index >= 15 is 0 Å². The van der Waals surface area contributed by atoms with Gasteiger partial charge in [0.05, 0.1) is 5.69 Å². The van der Waals surface area contributed by atoms with Gasteiger partial charge in [0.1, 0.15) is 18.2 Å². The van der Waals surface area contributed by atoms with E-state index in [0.29, 0.717) is 24.5 Å². The second kappa shape index (κ2) is 9.87. The molecule has 0 aliphatic carbocycles. The molecule has 0 unspecified atom stereocenters. The number of carbonyl (C=O) groups excluding carboxylic acids is 1. The monoisotopic (exact) mass is 488 g/mol. The molecule has 0 bridgehead atoms. The van der Waals surface area contributed by atoms with E-state index in [9.17, 15) is 4.79 Å². The van der Waals surface area contributed by atoms with Crippen LogP contribution in [0, 0.1) is 6.92 Å². The highest BCUT2D eigenvalue weighted by Gasteiger charge is 2.36. The zero-order chi connectivity index (χ0) is 24.6. The SMILES string of the molecule is C=CC(=O)N1CCC(N2CC(c3ccc4c(c3C)Nc3nccc(C5CCOCC5)c3CO4)C2)CC1. The maximum atomic E-state index is 11.9. The van der Waals surface area contributed by atoms with Crippen LogP contribution in [0.2, 0.25) is 0 Å². The highest BCUT2D eigenvalue weighted by molar-refractivity contribution is 5.87. The summed E-state index contributed by atoms with van der Waals surface area (Å²) in [6.45, 7) is 11.8. The van der Waals surface area contributed by atoms with Crippen molar-refractivity contribution in [1.29, 1.82) is 0 Å². The van der Waals surface area contributed by atoms with E-state index in [0.717, 1.165) is 82.3 Å². The number of pyridine rings is 1. The molecule has 0 spiro atoms. The minimum absolute atomic E-state index is 0.0567. The number of hydrogen-bond acceptors (Lipinski definition) is 6. The summed E-state index contributed by atoms with van der Waals surface area (Å²) in [5.41, 5.74) is 6.23. The van der Waals surface area contributed by atoms with Crippen LogP contribution >= 0.6 is 0 Å². The number of ether oxygens (including phenoxy) is 2. The van der Waals surface area contributed by atoms with Crippen molar-refractivity contribution < 1.29 is 14.3 Å². The Morgan fingerprint density at radius 2 is 1.86 bits per heavy atom. The molecule has 3 fully saturated rings. The second-order valence-corrected chi connectivity index (χ2v) is 10.6. The largest absolute Gasteiger partial charge is 0.487 e. The van der Waals surface area contributed by atoms with Gasteiger partial charge >= 0.3 is 0 Å². The summed E-state index contributed by atoms with van der Waals surface area (Å²) in [5, 5.41) is 3.66. The molecular weight excluding hydrogens is 452 g/mol. The number of amides is 1. The summed E-state index contributed by atoms with van der Waals surface area (Å²) < 4.78 is 11.9. The first-order chi connectivity index (χ1) is 17.6. The maximum absolute atomic E-state index is 11.9. The molecule has 36 heavy (non-hydrogen) atoms. The molecule has 1 aromatic heterocycles. The van der Waals surface area contributed by atoms with Gasteiger partial charge in [0.15, 0.2) is 0 Å². The molecule has 4 aliphatic heterocycles. The molecule has 1 amide bonds. The number of aromatic nitrogens is 1. The van der Waals surface area contributed by atoms with Crippen molar-refractivity contribution in [1.82, 2.24) is 14.8 Å². The van der Waals surface area contributed by atoms with E-state index in [4.69, 9.17) is 14.5 Å². The molecule has 1 N–H and O–H groups in total. The Hall–Kier alpha value is -2.90. The Balaban J connectivity index is 1.16. The fraction of sp³-hybridized carbons (Fsp3) is 0.517. The van der Waals surface area contributed by atoms with Crippen molar-refractivity contribution in [3.63, 3.8) is 0 Å². The van der Waals surface area contributed by atoms with Crippen LogP contribution in [0.5, 0.6) is 5.75 Å². The fourth-order valence-corrected chi connectivity index (χ4v) is 6.43. The van der Waals surface area contributed by atoms with E-state index in [-0.39, 0.29) is 5.91 Å². The Labute approximate surface area is 213 Å². The van der Waals surface area contributed by atoms with E-state index in [1.807, 2.05) is 11.1 Å². The first-order valence-corrected chi connectivity index (χ1v) is 13.4. The van der Waals surface area contributed by atoms with Crippen molar-refractivity contribution in [3.8, 4) is 5.75 Å². The lowest BCUT2D eigenvalue weighted by atomic mass is 9.85. The van der Waals surface area contributed by atoms with E-state index in [1.165, 1.54) is 28.3 Å². The molecule has 1 aromatic carbocycles. The third kappa shape index (κ3) is 4.28. The third-order valence-electron chi connectivity index (χ3n) is 8.65. The number of likely N-dealkylation sites (tertiary alicyclic amines) is 2. The number of nitrogens with one attached hydrogen (secondary N) is 1. The summed E-state index contributed by atoms with van der Waals surface area (Å²) in [6, 6.07) is 7.12. The molecule has 4 aliphatic rings. The Kier molecular flexibility index (Phi) is 6.44. The molecule has 190 valence electrons. The lowest BCUT2D eigenvalue weighted by Gasteiger charge is -2.47. The van der Waals surface area contributed by atoms with E-state index in [1.54, 1.807) is 0 Å². The second-order valence-electron chi connectivity index (χ2n) is 10.6. The van der Waals surface area contributed by atoms with Crippen LogP contribution in [0.1, 0.15) is 59.8 Å². The minimum atomic E-state index is 0.0567. The molecule has 7 nitrogen and oxygen atoms in total. The highest BCUT2D eigenvalue weighted by Crippen LogP contribution is 2.43. The molecule has 5 heterocycles. The minimum Gasteiger partial charge on any atom is -0.487 e. The number of fused-ring (bicyclic) bond motifs is 2. The average molecular weight is 489 g/mol. The van der Waals surface area contributed by atoms with Gasteiger partial charge in [-0.2, -0.15) is 0 Å². The molecule has 3 saturated heterocycles. The van der Waals surface area contributed by atoms with Crippen LogP contribution in [-0.4, -0.2) is 66.1 Å².